The van der Waals surface area contributed by atoms with Gasteiger partial charge in [0.25, 0.3) is 0 Å². The van der Waals surface area contributed by atoms with Crippen molar-refractivity contribution < 1.29 is 14.7 Å². The number of rotatable bonds is 4. The molecule has 3 aromatic rings. The Bertz CT molecular complexity index is 1110. The lowest BCUT2D eigenvalue weighted by Crippen LogP contribution is -2.45. The quantitative estimate of drug-likeness (QED) is 0.717. The molecular formula is C23H24N4O3. The molecule has 0 unspecified atom stereocenters. The minimum Gasteiger partial charge on any atom is -0.478 e. The van der Waals surface area contributed by atoms with Gasteiger partial charge in [-0.05, 0) is 43.2 Å². The summed E-state index contributed by atoms with van der Waals surface area (Å²) in [6, 6.07) is 13.3. The molecule has 1 aromatic heterocycles. The Kier molecular flexibility index (Phi) is 5.35. The van der Waals surface area contributed by atoms with Crippen molar-refractivity contribution in [2.75, 3.05) is 25.0 Å². The van der Waals surface area contributed by atoms with Crippen LogP contribution in [0.2, 0.25) is 0 Å². The number of amides is 1. The Labute approximate surface area is 175 Å². The molecule has 0 atom stereocenters. The van der Waals surface area contributed by atoms with Crippen LogP contribution in [0.3, 0.4) is 0 Å². The average molecular weight is 404 g/mol. The first-order valence-corrected chi connectivity index (χ1v) is 10.0. The Hall–Kier alpha value is -3.48. The summed E-state index contributed by atoms with van der Waals surface area (Å²) in [5, 5.41) is 9.13. The Morgan fingerprint density at radius 1 is 1.10 bits per heavy atom. The summed E-state index contributed by atoms with van der Waals surface area (Å²) in [4.78, 5) is 36.0. The minimum atomic E-state index is -0.978. The summed E-state index contributed by atoms with van der Waals surface area (Å²) in [6.07, 6.45) is 3.57. The third kappa shape index (κ3) is 3.96. The topological polar surface area (TPSA) is 86.6 Å². The monoisotopic (exact) mass is 404 g/mol. The molecule has 7 nitrogen and oxygen atoms in total. The fourth-order valence-electron chi connectivity index (χ4n) is 3.91. The van der Waals surface area contributed by atoms with Crippen molar-refractivity contribution in [2.45, 2.75) is 25.8 Å². The SMILES string of the molecule is CC(=O)N(C)C1CCN(c2cccc(-c3cnc4cc(C(=O)O)ccc4n3)c2)CC1. The summed E-state index contributed by atoms with van der Waals surface area (Å²) in [5.74, 6) is -0.866. The van der Waals surface area contributed by atoms with Crippen molar-refractivity contribution in [1.82, 2.24) is 14.9 Å². The number of anilines is 1. The van der Waals surface area contributed by atoms with Gasteiger partial charge in [0, 0.05) is 44.4 Å². The van der Waals surface area contributed by atoms with Crippen LogP contribution in [0.5, 0.6) is 0 Å². The van der Waals surface area contributed by atoms with E-state index in [1.54, 1.807) is 25.3 Å². The standard InChI is InChI=1S/C23H24N4O3/c1-15(28)26(2)18-8-10-27(11-9-18)19-5-3-4-16(12-19)22-14-24-21-13-17(23(29)30)6-7-20(21)25-22/h3-7,12-14,18H,8-11H2,1-2H3,(H,29,30). The predicted molar refractivity (Wildman–Crippen MR) is 116 cm³/mol. The van der Waals surface area contributed by atoms with Crippen molar-refractivity contribution in [2.24, 2.45) is 0 Å². The lowest BCUT2D eigenvalue weighted by atomic mass is 10.0. The van der Waals surface area contributed by atoms with Gasteiger partial charge >= 0.3 is 5.97 Å². The number of aromatic nitrogens is 2. The summed E-state index contributed by atoms with van der Waals surface area (Å²) in [6.45, 7) is 3.41. The first-order valence-electron chi connectivity index (χ1n) is 10.0. The van der Waals surface area contributed by atoms with Crippen molar-refractivity contribution >= 4 is 28.6 Å². The van der Waals surface area contributed by atoms with Crippen LogP contribution in [-0.4, -0.2) is 58.0 Å². The molecule has 7 heteroatoms. The second-order valence-corrected chi connectivity index (χ2v) is 7.66. The molecule has 0 saturated carbocycles. The zero-order valence-corrected chi connectivity index (χ0v) is 17.1. The van der Waals surface area contributed by atoms with Crippen LogP contribution in [0.4, 0.5) is 5.69 Å². The van der Waals surface area contributed by atoms with Gasteiger partial charge in [-0.2, -0.15) is 0 Å². The van der Waals surface area contributed by atoms with Gasteiger partial charge in [0.15, 0.2) is 0 Å². The summed E-state index contributed by atoms with van der Waals surface area (Å²) < 4.78 is 0. The molecule has 0 bridgehead atoms. The molecule has 1 aliphatic rings. The van der Waals surface area contributed by atoms with Gasteiger partial charge in [0.05, 0.1) is 28.5 Å². The van der Waals surface area contributed by atoms with Crippen LogP contribution in [0.25, 0.3) is 22.3 Å². The number of carboxylic acid groups (broad SMARTS) is 1. The molecule has 2 aromatic carbocycles. The third-order valence-electron chi connectivity index (χ3n) is 5.81. The highest BCUT2D eigenvalue weighted by atomic mass is 16.4. The van der Waals surface area contributed by atoms with E-state index in [4.69, 9.17) is 5.11 Å². The van der Waals surface area contributed by atoms with Crippen LogP contribution < -0.4 is 4.90 Å². The number of fused-ring (bicyclic) bond motifs is 1. The molecule has 0 radical (unpaired) electrons. The fourth-order valence-corrected chi connectivity index (χ4v) is 3.91. The van der Waals surface area contributed by atoms with E-state index in [1.165, 1.54) is 6.07 Å². The zero-order chi connectivity index (χ0) is 21.3. The van der Waals surface area contributed by atoms with Crippen molar-refractivity contribution in [3.63, 3.8) is 0 Å². The zero-order valence-electron chi connectivity index (χ0n) is 17.1. The van der Waals surface area contributed by atoms with E-state index in [0.29, 0.717) is 17.1 Å². The molecule has 1 fully saturated rings. The van der Waals surface area contributed by atoms with E-state index in [1.807, 2.05) is 24.1 Å². The Balaban J connectivity index is 1.54. The number of hydrogen-bond donors (Lipinski definition) is 1. The summed E-state index contributed by atoms with van der Waals surface area (Å²) in [7, 11) is 1.88. The van der Waals surface area contributed by atoms with E-state index in [9.17, 15) is 9.59 Å². The number of carboxylic acids is 1. The molecule has 4 rings (SSSR count). The second kappa shape index (κ2) is 8.10. The van der Waals surface area contributed by atoms with E-state index < -0.39 is 5.97 Å². The van der Waals surface area contributed by atoms with Crippen LogP contribution in [0.1, 0.15) is 30.1 Å². The van der Waals surface area contributed by atoms with Gasteiger partial charge in [-0.1, -0.05) is 12.1 Å². The normalized spacial score (nSPS) is 14.7. The highest BCUT2D eigenvalue weighted by molar-refractivity contribution is 5.92. The van der Waals surface area contributed by atoms with E-state index in [-0.39, 0.29) is 11.5 Å². The Morgan fingerprint density at radius 2 is 1.87 bits per heavy atom. The van der Waals surface area contributed by atoms with E-state index >= 15 is 0 Å². The second-order valence-electron chi connectivity index (χ2n) is 7.66. The van der Waals surface area contributed by atoms with Gasteiger partial charge in [-0.15, -0.1) is 0 Å². The minimum absolute atomic E-state index is 0.112. The molecule has 1 amide bonds. The smallest absolute Gasteiger partial charge is 0.335 e. The maximum absolute atomic E-state index is 11.6. The first kappa shape index (κ1) is 19.8. The first-order chi connectivity index (χ1) is 14.4. The van der Waals surface area contributed by atoms with Gasteiger partial charge in [0.1, 0.15) is 0 Å². The van der Waals surface area contributed by atoms with E-state index in [2.05, 4.69) is 27.0 Å². The molecule has 1 saturated heterocycles. The van der Waals surface area contributed by atoms with Crippen molar-refractivity contribution in [3.05, 3.63) is 54.2 Å². The average Bonchev–Trinajstić information content (AvgIpc) is 2.78. The highest BCUT2D eigenvalue weighted by Crippen LogP contribution is 2.27. The van der Waals surface area contributed by atoms with Crippen LogP contribution in [-0.2, 0) is 4.79 Å². The number of nitrogens with zero attached hydrogens (tertiary/aromatic N) is 4. The Morgan fingerprint density at radius 3 is 2.57 bits per heavy atom. The van der Waals surface area contributed by atoms with Crippen molar-refractivity contribution in [1.29, 1.82) is 0 Å². The highest BCUT2D eigenvalue weighted by Gasteiger charge is 2.24. The summed E-state index contributed by atoms with van der Waals surface area (Å²) >= 11 is 0. The molecule has 154 valence electrons. The van der Waals surface area contributed by atoms with Crippen molar-refractivity contribution in [3.8, 4) is 11.3 Å². The lowest BCUT2D eigenvalue weighted by Gasteiger charge is -2.37. The molecule has 0 aliphatic carbocycles. The molecule has 1 aliphatic heterocycles. The third-order valence-corrected chi connectivity index (χ3v) is 5.81. The molecule has 1 N–H and O–H groups in total. The number of carbonyl (C=O) groups is 2. The van der Waals surface area contributed by atoms with Crippen LogP contribution in [0, 0.1) is 0 Å². The molecular weight excluding hydrogens is 380 g/mol. The molecule has 2 heterocycles. The fraction of sp³-hybridized carbons (Fsp3) is 0.304. The molecule has 30 heavy (non-hydrogen) atoms. The number of benzene rings is 2. The van der Waals surface area contributed by atoms with Gasteiger partial charge in [-0.3, -0.25) is 9.78 Å². The number of piperidine rings is 1. The van der Waals surface area contributed by atoms with Gasteiger partial charge in [-0.25, -0.2) is 9.78 Å². The van der Waals surface area contributed by atoms with Crippen LogP contribution in [0.15, 0.2) is 48.7 Å². The largest absolute Gasteiger partial charge is 0.478 e. The molecule has 0 spiro atoms. The predicted octanol–water partition coefficient (Wildman–Crippen LogP) is 3.44. The number of aromatic carboxylic acids is 1. The maximum atomic E-state index is 11.6. The van der Waals surface area contributed by atoms with E-state index in [0.717, 1.165) is 42.9 Å². The van der Waals surface area contributed by atoms with Gasteiger partial charge in [0.2, 0.25) is 5.91 Å². The lowest BCUT2D eigenvalue weighted by molar-refractivity contribution is -0.129. The van der Waals surface area contributed by atoms with Gasteiger partial charge < -0.3 is 14.9 Å². The van der Waals surface area contributed by atoms with Crippen LogP contribution >= 0.6 is 0 Å². The maximum Gasteiger partial charge on any atom is 0.335 e. The number of carbonyl (C=O) groups excluding carboxylic acids is 1. The summed E-state index contributed by atoms with van der Waals surface area (Å²) in [5.41, 5.74) is 4.26. The number of hydrogen-bond acceptors (Lipinski definition) is 5.